The molecule has 0 radical (unpaired) electrons. The van der Waals surface area contributed by atoms with Gasteiger partial charge in [-0.1, -0.05) is 11.8 Å². The van der Waals surface area contributed by atoms with Crippen LogP contribution in [-0.2, 0) is 10.0 Å². The molecule has 0 aliphatic carbocycles. The van der Waals surface area contributed by atoms with Crippen LogP contribution in [0.15, 0.2) is 23.1 Å². The van der Waals surface area contributed by atoms with Gasteiger partial charge in [-0.25, -0.2) is 13.1 Å². The zero-order chi connectivity index (χ0) is 15.3. The first-order chi connectivity index (χ1) is 10.1. The van der Waals surface area contributed by atoms with Crippen LogP contribution >= 0.6 is 11.8 Å². The Bertz CT molecular complexity index is 655. The van der Waals surface area contributed by atoms with E-state index in [1.807, 2.05) is 0 Å². The van der Waals surface area contributed by atoms with E-state index in [4.69, 9.17) is 9.84 Å². The molecular formula is C14H17NO4S2. The number of ether oxygens (including phenoxy) is 1. The fourth-order valence-electron chi connectivity index (χ4n) is 2.00. The molecule has 2 rings (SSSR count). The monoisotopic (exact) mass is 327 g/mol. The average Bonchev–Trinajstić information content (AvgIpc) is 2.96. The summed E-state index contributed by atoms with van der Waals surface area (Å²) in [6.07, 6.45) is 0.844. The van der Waals surface area contributed by atoms with Crippen molar-refractivity contribution in [2.75, 3.05) is 25.2 Å². The Kier molecular flexibility index (Phi) is 5.53. The molecule has 2 N–H and O–H groups in total. The Balaban J connectivity index is 2.30. The number of nitrogens with one attached hydrogen (secondary N) is 1. The highest BCUT2D eigenvalue weighted by molar-refractivity contribution is 7.99. The van der Waals surface area contributed by atoms with Crippen molar-refractivity contribution < 1.29 is 18.3 Å². The summed E-state index contributed by atoms with van der Waals surface area (Å²) in [5, 5.41) is 8.76. The smallest absolute Gasteiger partial charge is 0.240 e. The van der Waals surface area contributed by atoms with E-state index in [0.29, 0.717) is 11.3 Å². The average molecular weight is 327 g/mol. The van der Waals surface area contributed by atoms with Gasteiger partial charge in [0.25, 0.3) is 0 Å². The van der Waals surface area contributed by atoms with Gasteiger partial charge in [0, 0.05) is 11.8 Å². The number of aliphatic hydroxyl groups excluding tert-OH is 1. The lowest BCUT2D eigenvalue weighted by atomic mass is 10.2. The number of methoxy groups -OCH3 is 1. The van der Waals surface area contributed by atoms with E-state index in [-0.39, 0.29) is 17.5 Å². The van der Waals surface area contributed by atoms with Gasteiger partial charge in [-0.2, -0.15) is 11.8 Å². The van der Waals surface area contributed by atoms with Crippen molar-refractivity contribution in [2.24, 2.45) is 0 Å². The molecule has 1 aliphatic heterocycles. The van der Waals surface area contributed by atoms with Gasteiger partial charge in [0.15, 0.2) is 0 Å². The first-order valence-electron chi connectivity index (χ1n) is 6.44. The van der Waals surface area contributed by atoms with E-state index < -0.39 is 10.0 Å². The fourth-order valence-corrected chi connectivity index (χ4v) is 4.56. The minimum Gasteiger partial charge on any atom is -0.495 e. The predicted molar refractivity (Wildman–Crippen MR) is 83.0 cm³/mol. The Hall–Kier alpha value is -1.20. The van der Waals surface area contributed by atoms with Gasteiger partial charge in [-0.3, -0.25) is 0 Å². The van der Waals surface area contributed by atoms with E-state index in [1.165, 1.54) is 19.2 Å². The zero-order valence-corrected chi connectivity index (χ0v) is 13.3. The summed E-state index contributed by atoms with van der Waals surface area (Å²) in [7, 11) is -2.08. The summed E-state index contributed by atoms with van der Waals surface area (Å²) < 4.78 is 32.6. The van der Waals surface area contributed by atoms with E-state index in [9.17, 15) is 8.42 Å². The molecule has 1 fully saturated rings. The van der Waals surface area contributed by atoms with Crippen LogP contribution in [0.1, 0.15) is 12.0 Å². The summed E-state index contributed by atoms with van der Waals surface area (Å²) in [5.41, 5.74) is 0.440. The highest BCUT2D eigenvalue weighted by atomic mass is 32.2. The second-order valence-electron chi connectivity index (χ2n) is 4.50. The second kappa shape index (κ2) is 7.18. The summed E-state index contributed by atoms with van der Waals surface area (Å²) in [6.45, 7) is -0.294. The Morgan fingerprint density at radius 2 is 2.33 bits per heavy atom. The molecule has 0 saturated carbocycles. The molecule has 1 aliphatic rings. The largest absolute Gasteiger partial charge is 0.495 e. The first-order valence-corrected chi connectivity index (χ1v) is 9.08. The minimum atomic E-state index is -3.57. The number of hydrogen-bond acceptors (Lipinski definition) is 5. The lowest BCUT2D eigenvalue weighted by Gasteiger charge is -2.13. The van der Waals surface area contributed by atoms with Crippen LogP contribution in [0.5, 0.6) is 5.75 Å². The predicted octanol–water partition coefficient (Wildman–Crippen LogP) is 0.823. The normalized spacial score (nSPS) is 18.1. The van der Waals surface area contributed by atoms with Crippen molar-refractivity contribution in [3.63, 3.8) is 0 Å². The Morgan fingerprint density at radius 3 is 2.95 bits per heavy atom. The molecule has 0 bridgehead atoms. The SMILES string of the molecule is COc1ccc(S(=O)(=O)NC2CCSC2)cc1C#CCO. The van der Waals surface area contributed by atoms with E-state index in [2.05, 4.69) is 16.6 Å². The van der Waals surface area contributed by atoms with Gasteiger partial charge in [0.2, 0.25) is 10.0 Å². The molecule has 1 unspecified atom stereocenters. The summed E-state index contributed by atoms with van der Waals surface area (Å²) in [5.74, 6) is 7.45. The zero-order valence-electron chi connectivity index (χ0n) is 11.6. The van der Waals surface area contributed by atoms with Gasteiger partial charge in [0.1, 0.15) is 12.4 Å². The molecular weight excluding hydrogens is 310 g/mol. The maximum atomic E-state index is 12.4. The quantitative estimate of drug-likeness (QED) is 0.801. The second-order valence-corrected chi connectivity index (χ2v) is 7.37. The molecule has 1 atom stereocenters. The van der Waals surface area contributed by atoms with Crippen LogP contribution < -0.4 is 9.46 Å². The van der Waals surface area contributed by atoms with E-state index >= 15 is 0 Å². The first kappa shape index (κ1) is 16.2. The molecule has 1 aromatic carbocycles. The topological polar surface area (TPSA) is 75.6 Å². The van der Waals surface area contributed by atoms with E-state index in [0.717, 1.165) is 17.9 Å². The van der Waals surface area contributed by atoms with Crippen LogP contribution in [-0.4, -0.2) is 44.8 Å². The number of benzene rings is 1. The highest BCUT2D eigenvalue weighted by Crippen LogP contribution is 2.23. The van der Waals surface area contributed by atoms with Gasteiger partial charge in [-0.05, 0) is 30.4 Å². The third-order valence-electron chi connectivity index (χ3n) is 3.03. The standard InChI is InChI=1S/C14H17NO4S2/c1-19-14-5-4-13(9-11(14)3-2-7-16)21(17,18)15-12-6-8-20-10-12/h4-5,9,12,15-16H,6-8,10H2,1H3. The minimum absolute atomic E-state index is 0.0194. The molecule has 21 heavy (non-hydrogen) atoms. The van der Waals surface area contributed by atoms with Crippen molar-refractivity contribution in [2.45, 2.75) is 17.4 Å². The highest BCUT2D eigenvalue weighted by Gasteiger charge is 2.23. The van der Waals surface area contributed by atoms with Crippen molar-refractivity contribution in [1.82, 2.24) is 4.72 Å². The molecule has 0 amide bonds. The molecule has 114 valence electrons. The number of sulfonamides is 1. The van der Waals surface area contributed by atoms with Crippen LogP contribution in [0.3, 0.4) is 0 Å². The van der Waals surface area contributed by atoms with E-state index in [1.54, 1.807) is 17.8 Å². The molecule has 0 aromatic heterocycles. The van der Waals surface area contributed by atoms with Gasteiger partial charge in [0.05, 0.1) is 17.6 Å². The lowest BCUT2D eigenvalue weighted by Crippen LogP contribution is -2.34. The van der Waals surface area contributed by atoms with Crippen LogP contribution in [0.2, 0.25) is 0 Å². The molecule has 1 saturated heterocycles. The summed E-state index contributed by atoms with van der Waals surface area (Å²) in [4.78, 5) is 0.155. The van der Waals surface area contributed by atoms with Crippen molar-refractivity contribution >= 4 is 21.8 Å². The third-order valence-corrected chi connectivity index (χ3v) is 5.72. The third kappa shape index (κ3) is 4.14. The summed E-state index contributed by atoms with van der Waals surface area (Å²) >= 11 is 1.74. The molecule has 7 heteroatoms. The number of aliphatic hydroxyl groups is 1. The maximum absolute atomic E-state index is 12.4. The Morgan fingerprint density at radius 1 is 1.52 bits per heavy atom. The number of thioether (sulfide) groups is 1. The lowest BCUT2D eigenvalue weighted by molar-refractivity contribution is 0.350. The molecule has 1 heterocycles. The van der Waals surface area contributed by atoms with Crippen molar-refractivity contribution in [3.8, 4) is 17.6 Å². The van der Waals surface area contributed by atoms with Crippen LogP contribution in [0, 0.1) is 11.8 Å². The van der Waals surface area contributed by atoms with Gasteiger partial charge >= 0.3 is 0 Å². The molecule has 1 aromatic rings. The van der Waals surface area contributed by atoms with Gasteiger partial charge < -0.3 is 9.84 Å². The molecule has 0 spiro atoms. The maximum Gasteiger partial charge on any atom is 0.240 e. The Labute approximate surface area is 129 Å². The van der Waals surface area contributed by atoms with Crippen LogP contribution in [0.4, 0.5) is 0 Å². The molecule has 5 nitrogen and oxygen atoms in total. The number of hydrogen-bond donors (Lipinski definition) is 2. The van der Waals surface area contributed by atoms with Gasteiger partial charge in [-0.15, -0.1) is 0 Å². The van der Waals surface area contributed by atoms with Crippen molar-refractivity contribution in [3.05, 3.63) is 23.8 Å². The fraction of sp³-hybridized carbons (Fsp3) is 0.429. The summed E-state index contributed by atoms with van der Waals surface area (Å²) in [6, 6.07) is 4.51. The van der Waals surface area contributed by atoms with Crippen LogP contribution in [0.25, 0.3) is 0 Å². The number of rotatable bonds is 4. The van der Waals surface area contributed by atoms with Crippen molar-refractivity contribution in [1.29, 1.82) is 0 Å².